The third-order valence-electron chi connectivity index (χ3n) is 4.36. The molecule has 1 aromatic carbocycles. The number of aldehydes is 1. The zero-order valence-electron chi connectivity index (χ0n) is 12.4. The normalized spacial score (nSPS) is 22.0. The predicted octanol–water partition coefficient (Wildman–Crippen LogP) is 4.62. The van der Waals surface area contributed by atoms with Crippen molar-refractivity contribution in [2.75, 3.05) is 6.61 Å². The highest BCUT2D eigenvalue weighted by Crippen LogP contribution is 2.39. The van der Waals surface area contributed by atoms with Gasteiger partial charge in [0, 0.05) is 6.42 Å². The van der Waals surface area contributed by atoms with Gasteiger partial charge in [0.15, 0.2) is 11.6 Å². The fourth-order valence-corrected chi connectivity index (χ4v) is 3.19. The van der Waals surface area contributed by atoms with E-state index in [1.165, 1.54) is 6.07 Å². The van der Waals surface area contributed by atoms with Gasteiger partial charge in [-0.2, -0.15) is 4.39 Å². The fraction of sp³-hybridized carbons (Fsp3) is 0.588. The molecule has 2 rings (SSSR count). The Bertz CT molecular complexity index is 480. The summed E-state index contributed by atoms with van der Waals surface area (Å²) >= 11 is 0. The van der Waals surface area contributed by atoms with E-state index in [4.69, 9.17) is 4.74 Å². The Hall–Kier alpha value is -1.45. The molecule has 0 bridgehead atoms. The number of rotatable bonds is 6. The van der Waals surface area contributed by atoms with Crippen LogP contribution in [-0.4, -0.2) is 12.9 Å². The number of ether oxygens (including phenoxy) is 1. The van der Waals surface area contributed by atoms with Crippen molar-refractivity contribution in [1.82, 2.24) is 0 Å². The number of carbonyl (C=O) groups excluding carboxylic acids is 1. The van der Waals surface area contributed by atoms with Crippen LogP contribution in [-0.2, 0) is 4.79 Å². The minimum atomic E-state index is -0.877. The third kappa shape index (κ3) is 3.80. The maximum Gasteiger partial charge on any atom is 0.200 e. The summed E-state index contributed by atoms with van der Waals surface area (Å²) in [6, 6.07) is 3.18. The quantitative estimate of drug-likeness (QED) is 0.716. The lowest BCUT2D eigenvalue weighted by Crippen LogP contribution is -2.15. The summed E-state index contributed by atoms with van der Waals surface area (Å²) in [5.74, 6) is -1.04. The molecule has 0 atom stereocenters. The Morgan fingerprint density at radius 3 is 2.52 bits per heavy atom. The first-order chi connectivity index (χ1) is 10.2. The highest BCUT2D eigenvalue weighted by Gasteiger charge is 2.26. The molecule has 0 unspecified atom stereocenters. The summed E-state index contributed by atoms with van der Waals surface area (Å²) in [5, 5.41) is 0. The van der Waals surface area contributed by atoms with Gasteiger partial charge in [0.1, 0.15) is 6.29 Å². The van der Waals surface area contributed by atoms with Crippen LogP contribution in [0.3, 0.4) is 0 Å². The van der Waals surface area contributed by atoms with Crippen molar-refractivity contribution in [2.24, 2.45) is 5.92 Å². The highest BCUT2D eigenvalue weighted by atomic mass is 19.2. The molecule has 1 aliphatic carbocycles. The molecule has 1 aliphatic rings. The monoisotopic (exact) mass is 296 g/mol. The lowest BCUT2D eigenvalue weighted by molar-refractivity contribution is -0.108. The van der Waals surface area contributed by atoms with Crippen molar-refractivity contribution in [1.29, 1.82) is 0 Å². The van der Waals surface area contributed by atoms with Gasteiger partial charge in [-0.1, -0.05) is 6.07 Å². The maximum atomic E-state index is 14.2. The summed E-state index contributed by atoms with van der Waals surface area (Å²) in [6.45, 7) is 2.06. The van der Waals surface area contributed by atoms with E-state index in [0.717, 1.165) is 38.4 Å². The SMILES string of the molecule is CCOc1ccc(C2CCC(CCC=O)CC2)c(F)c1F. The van der Waals surface area contributed by atoms with Gasteiger partial charge in [0.25, 0.3) is 0 Å². The van der Waals surface area contributed by atoms with Gasteiger partial charge >= 0.3 is 0 Å². The second kappa shape index (κ2) is 7.53. The van der Waals surface area contributed by atoms with Crippen LogP contribution >= 0.6 is 0 Å². The first-order valence-electron chi connectivity index (χ1n) is 7.71. The van der Waals surface area contributed by atoms with Crippen molar-refractivity contribution in [3.05, 3.63) is 29.3 Å². The molecule has 116 valence electrons. The molecule has 1 saturated carbocycles. The molecule has 4 heteroatoms. The van der Waals surface area contributed by atoms with Crippen molar-refractivity contribution >= 4 is 6.29 Å². The summed E-state index contributed by atoms with van der Waals surface area (Å²) in [6.07, 6.45) is 6.13. The van der Waals surface area contributed by atoms with E-state index in [1.54, 1.807) is 13.0 Å². The Morgan fingerprint density at radius 2 is 1.90 bits per heavy atom. The molecule has 0 saturated heterocycles. The van der Waals surface area contributed by atoms with Crippen LogP contribution in [0.1, 0.15) is 56.9 Å². The lowest BCUT2D eigenvalue weighted by Gasteiger charge is -2.28. The van der Waals surface area contributed by atoms with Crippen LogP contribution in [0.15, 0.2) is 12.1 Å². The van der Waals surface area contributed by atoms with E-state index in [0.29, 0.717) is 24.5 Å². The van der Waals surface area contributed by atoms with E-state index in [9.17, 15) is 13.6 Å². The Morgan fingerprint density at radius 1 is 1.19 bits per heavy atom. The minimum Gasteiger partial charge on any atom is -0.491 e. The standard InChI is InChI=1S/C17H22F2O2/c1-2-21-15-10-9-14(16(18)17(15)19)13-7-5-12(6-8-13)4-3-11-20/h9-13H,2-8H2,1H3. The number of hydrogen-bond acceptors (Lipinski definition) is 2. The second-order valence-electron chi connectivity index (χ2n) is 5.68. The van der Waals surface area contributed by atoms with Crippen LogP contribution in [0.2, 0.25) is 0 Å². The summed E-state index contributed by atoms with van der Waals surface area (Å²) in [4.78, 5) is 10.4. The lowest BCUT2D eigenvalue weighted by atomic mass is 9.77. The summed E-state index contributed by atoms with van der Waals surface area (Å²) in [5.41, 5.74) is 0.463. The van der Waals surface area contributed by atoms with Crippen LogP contribution < -0.4 is 4.74 Å². The van der Waals surface area contributed by atoms with E-state index >= 15 is 0 Å². The zero-order chi connectivity index (χ0) is 15.2. The Kier molecular flexibility index (Phi) is 5.71. The molecule has 1 aromatic rings. The second-order valence-corrected chi connectivity index (χ2v) is 5.68. The average molecular weight is 296 g/mol. The molecule has 2 nitrogen and oxygen atoms in total. The van der Waals surface area contributed by atoms with Gasteiger partial charge in [-0.05, 0) is 62.5 Å². The molecule has 0 amide bonds. The fourth-order valence-electron chi connectivity index (χ4n) is 3.19. The molecule has 0 N–H and O–H groups in total. The number of carbonyl (C=O) groups is 1. The molecular weight excluding hydrogens is 274 g/mol. The van der Waals surface area contributed by atoms with E-state index in [-0.39, 0.29) is 11.7 Å². The number of benzene rings is 1. The van der Waals surface area contributed by atoms with Crippen LogP contribution in [0, 0.1) is 17.6 Å². The molecule has 21 heavy (non-hydrogen) atoms. The van der Waals surface area contributed by atoms with Crippen LogP contribution in [0.5, 0.6) is 5.75 Å². The van der Waals surface area contributed by atoms with Crippen LogP contribution in [0.4, 0.5) is 8.78 Å². The van der Waals surface area contributed by atoms with Gasteiger partial charge in [-0.3, -0.25) is 0 Å². The van der Waals surface area contributed by atoms with Crippen molar-refractivity contribution in [3.63, 3.8) is 0 Å². The van der Waals surface area contributed by atoms with Gasteiger partial charge in [-0.15, -0.1) is 0 Å². The first kappa shape index (κ1) is 15.9. The van der Waals surface area contributed by atoms with Crippen molar-refractivity contribution in [3.8, 4) is 5.75 Å². The van der Waals surface area contributed by atoms with Crippen LogP contribution in [0.25, 0.3) is 0 Å². The Balaban J connectivity index is 2.03. The van der Waals surface area contributed by atoms with Gasteiger partial charge < -0.3 is 9.53 Å². The molecule has 0 aliphatic heterocycles. The third-order valence-corrected chi connectivity index (χ3v) is 4.36. The predicted molar refractivity (Wildman–Crippen MR) is 77.5 cm³/mol. The zero-order valence-corrected chi connectivity index (χ0v) is 12.4. The highest BCUT2D eigenvalue weighted by molar-refractivity contribution is 5.49. The first-order valence-corrected chi connectivity index (χ1v) is 7.71. The molecule has 0 spiro atoms. The molecule has 1 fully saturated rings. The maximum absolute atomic E-state index is 14.2. The molecule has 0 heterocycles. The van der Waals surface area contributed by atoms with E-state index in [1.807, 2.05) is 0 Å². The number of halogens is 2. The topological polar surface area (TPSA) is 26.3 Å². The van der Waals surface area contributed by atoms with Crippen molar-refractivity contribution in [2.45, 2.75) is 51.4 Å². The van der Waals surface area contributed by atoms with E-state index in [2.05, 4.69) is 0 Å². The molecular formula is C17H22F2O2. The number of hydrogen-bond donors (Lipinski definition) is 0. The summed E-state index contributed by atoms with van der Waals surface area (Å²) < 4.78 is 33.2. The van der Waals surface area contributed by atoms with Crippen molar-refractivity contribution < 1.29 is 18.3 Å². The Labute approximate surface area is 124 Å². The molecule has 0 radical (unpaired) electrons. The van der Waals surface area contributed by atoms with Gasteiger partial charge in [0.2, 0.25) is 5.82 Å². The smallest absolute Gasteiger partial charge is 0.200 e. The summed E-state index contributed by atoms with van der Waals surface area (Å²) in [7, 11) is 0. The van der Waals surface area contributed by atoms with Gasteiger partial charge in [-0.25, -0.2) is 4.39 Å². The average Bonchev–Trinajstić information content (AvgIpc) is 2.51. The van der Waals surface area contributed by atoms with E-state index < -0.39 is 11.6 Å². The largest absolute Gasteiger partial charge is 0.491 e. The minimum absolute atomic E-state index is 0.0154. The molecule has 0 aromatic heterocycles. The van der Waals surface area contributed by atoms with Gasteiger partial charge in [0.05, 0.1) is 6.61 Å².